The van der Waals surface area contributed by atoms with Gasteiger partial charge >= 0.3 is 11.9 Å². The highest BCUT2D eigenvalue weighted by atomic mass is 16.5. The van der Waals surface area contributed by atoms with Crippen molar-refractivity contribution in [2.24, 2.45) is 5.41 Å². The Kier molecular flexibility index (Phi) is 5.95. The van der Waals surface area contributed by atoms with Crippen LogP contribution in [0.15, 0.2) is 24.3 Å². The minimum absolute atomic E-state index is 0.127. The molecule has 0 aliphatic heterocycles. The van der Waals surface area contributed by atoms with Crippen LogP contribution in [0.3, 0.4) is 0 Å². The molecule has 0 bridgehead atoms. The molecule has 1 aliphatic rings. The zero-order chi connectivity index (χ0) is 17.6. The number of amides is 1. The molecule has 1 fully saturated rings. The Morgan fingerprint density at radius 3 is 2.21 bits per heavy atom. The second kappa shape index (κ2) is 7.95. The number of hydrogen-bond acceptors (Lipinski definition) is 4. The zero-order valence-electron chi connectivity index (χ0n) is 13.8. The monoisotopic (exact) mass is 333 g/mol. The summed E-state index contributed by atoms with van der Waals surface area (Å²) in [5, 5.41) is 11.7. The number of carbonyl (C=O) groups excluding carboxylic acids is 2. The van der Waals surface area contributed by atoms with Crippen LogP contribution in [0, 0.1) is 5.41 Å². The summed E-state index contributed by atoms with van der Waals surface area (Å²) < 4.78 is 5.21. The zero-order valence-corrected chi connectivity index (χ0v) is 13.8. The van der Waals surface area contributed by atoms with Gasteiger partial charge in [0.05, 0.1) is 17.6 Å². The maximum atomic E-state index is 12.3. The summed E-state index contributed by atoms with van der Waals surface area (Å²) in [6.07, 6.45) is 4.41. The average Bonchev–Trinajstić information content (AvgIpc) is 2.60. The molecule has 1 amide bonds. The number of hydrogen-bond donors (Lipinski definition) is 2. The Bertz CT molecular complexity index is 602. The molecule has 2 N–H and O–H groups in total. The van der Waals surface area contributed by atoms with E-state index in [1.165, 1.54) is 24.3 Å². The van der Waals surface area contributed by atoms with Crippen molar-refractivity contribution in [1.82, 2.24) is 5.32 Å². The van der Waals surface area contributed by atoms with E-state index >= 15 is 0 Å². The quantitative estimate of drug-likeness (QED) is 0.781. The molecule has 2 rings (SSSR count). The van der Waals surface area contributed by atoms with E-state index in [0.29, 0.717) is 25.0 Å². The summed E-state index contributed by atoms with van der Waals surface area (Å²) in [6, 6.07) is 5.71. The van der Waals surface area contributed by atoms with Gasteiger partial charge in [0, 0.05) is 12.1 Å². The first-order chi connectivity index (χ1) is 11.5. The molecule has 1 aromatic rings. The van der Waals surface area contributed by atoms with Crippen LogP contribution < -0.4 is 5.32 Å². The first kappa shape index (κ1) is 18.0. The normalized spacial score (nSPS) is 16.2. The van der Waals surface area contributed by atoms with Crippen molar-refractivity contribution >= 4 is 17.8 Å². The third-order valence-corrected chi connectivity index (χ3v) is 4.50. The highest BCUT2D eigenvalue weighted by Crippen LogP contribution is 2.37. The van der Waals surface area contributed by atoms with Gasteiger partial charge in [-0.2, -0.15) is 0 Å². The molecule has 0 unspecified atom stereocenters. The smallest absolute Gasteiger partial charge is 0.335 e. The number of benzene rings is 1. The van der Waals surface area contributed by atoms with Crippen molar-refractivity contribution in [3.63, 3.8) is 0 Å². The van der Waals surface area contributed by atoms with Gasteiger partial charge in [-0.1, -0.05) is 19.3 Å². The van der Waals surface area contributed by atoms with Crippen LogP contribution in [-0.2, 0) is 9.53 Å². The standard InChI is InChI=1S/C18H23NO5/c1-2-24-17(23)18(10-4-3-5-11-18)12-19-15(20)13-6-8-14(9-7-13)16(21)22/h6-9H,2-5,10-12H2,1H3,(H,19,20)(H,21,22). The molecule has 0 spiro atoms. The molecule has 1 saturated carbocycles. The lowest BCUT2D eigenvalue weighted by Crippen LogP contribution is -2.45. The predicted octanol–water partition coefficient (Wildman–Crippen LogP) is 2.63. The van der Waals surface area contributed by atoms with E-state index in [0.717, 1.165) is 19.3 Å². The molecular formula is C18H23NO5. The van der Waals surface area contributed by atoms with Crippen LogP contribution in [0.25, 0.3) is 0 Å². The average molecular weight is 333 g/mol. The van der Waals surface area contributed by atoms with Crippen LogP contribution >= 0.6 is 0 Å². The topological polar surface area (TPSA) is 92.7 Å². The minimum Gasteiger partial charge on any atom is -0.478 e. The molecule has 0 aromatic heterocycles. The van der Waals surface area contributed by atoms with Crippen molar-refractivity contribution in [1.29, 1.82) is 0 Å². The maximum Gasteiger partial charge on any atom is 0.335 e. The molecular weight excluding hydrogens is 310 g/mol. The Morgan fingerprint density at radius 2 is 1.67 bits per heavy atom. The number of nitrogens with one attached hydrogen (secondary N) is 1. The second-order valence-corrected chi connectivity index (χ2v) is 6.13. The lowest BCUT2D eigenvalue weighted by Gasteiger charge is -2.34. The van der Waals surface area contributed by atoms with Crippen molar-refractivity contribution in [3.8, 4) is 0 Å². The number of carbonyl (C=O) groups is 3. The van der Waals surface area contributed by atoms with E-state index in [-0.39, 0.29) is 24.0 Å². The molecule has 130 valence electrons. The van der Waals surface area contributed by atoms with Crippen LogP contribution in [0.1, 0.15) is 59.7 Å². The van der Waals surface area contributed by atoms with Crippen molar-refractivity contribution in [2.45, 2.75) is 39.0 Å². The molecule has 0 atom stereocenters. The lowest BCUT2D eigenvalue weighted by atomic mass is 9.74. The molecule has 0 heterocycles. The van der Waals surface area contributed by atoms with Crippen LogP contribution in [0.4, 0.5) is 0 Å². The molecule has 0 saturated heterocycles. The fraction of sp³-hybridized carbons (Fsp3) is 0.500. The van der Waals surface area contributed by atoms with E-state index in [9.17, 15) is 14.4 Å². The maximum absolute atomic E-state index is 12.3. The second-order valence-electron chi connectivity index (χ2n) is 6.13. The molecule has 1 aromatic carbocycles. The number of ether oxygens (including phenoxy) is 1. The summed E-state index contributed by atoms with van der Waals surface area (Å²) in [5.41, 5.74) is -0.151. The van der Waals surface area contributed by atoms with E-state index in [1.54, 1.807) is 6.92 Å². The summed E-state index contributed by atoms with van der Waals surface area (Å²) in [6.45, 7) is 2.34. The van der Waals surface area contributed by atoms with Crippen molar-refractivity contribution in [2.75, 3.05) is 13.2 Å². The minimum atomic E-state index is -1.04. The Balaban J connectivity index is 2.04. The first-order valence-electron chi connectivity index (χ1n) is 8.27. The van der Waals surface area contributed by atoms with Gasteiger partial charge in [-0.05, 0) is 44.0 Å². The fourth-order valence-corrected chi connectivity index (χ4v) is 3.08. The van der Waals surface area contributed by atoms with Crippen LogP contribution in [0.5, 0.6) is 0 Å². The number of carboxylic acid groups (broad SMARTS) is 1. The summed E-state index contributed by atoms with van der Waals surface area (Å²) in [4.78, 5) is 35.5. The Labute approximate surface area is 141 Å². The largest absolute Gasteiger partial charge is 0.478 e. The summed E-state index contributed by atoms with van der Waals surface area (Å²) >= 11 is 0. The fourth-order valence-electron chi connectivity index (χ4n) is 3.08. The molecule has 1 aliphatic carbocycles. The van der Waals surface area contributed by atoms with E-state index in [2.05, 4.69) is 5.32 Å². The third-order valence-electron chi connectivity index (χ3n) is 4.50. The van der Waals surface area contributed by atoms with Crippen molar-refractivity contribution < 1.29 is 24.2 Å². The van der Waals surface area contributed by atoms with Gasteiger partial charge in [-0.3, -0.25) is 9.59 Å². The van der Waals surface area contributed by atoms with Gasteiger partial charge in [-0.25, -0.2) is 4.79 Å². The Morgan fingerprint density at radius 1 is 1.08 bits per heavy atom. The van der Waals surface area contributed by atoms with Crippen molar-refractivity contribution in [3.05, 3.63) is 35.4 Å². The molecule has 6 nitrogen and oxygen atoms in total. The highest BCUT2D eigenvalue weighted by Gasteiger charge is 2.41. The lowest BCUT2D eigenvalue weighted by molar-refractivity contribution is -0.157. The Hall–Kier alpha value is -2.37. The number of aromatic carboxylic acids is 1. The molecule has 24 heavy (non-hydrogen) atoms. The van der Waals surface area contributed by atoms with Crippen LogP contribution in [-0.4, -0.2) is 36.1 Å². The highest BCUT2D eigenvalue weighted by molar-refractivity contribution is 5.96. The number of rotatable bonds is 6. The SMILES string of the molecule is CCOC(=O)C1(CNC(=O)c2ccc(C(=O)O)cc2)CCCCC1. The first-order valence-corrected chi connectivity index (χ1v) is 8.27. The third kappa shape index (κ3) is 4.13. The summed E-state index contributed by atoms with van der Waals surface area (Å²) in [7, 11) is 0. The van der Waals surface area contributed by atoms with Gasteiger partial charge in [0.15, 0.2) is 0 Å². The van der Waals surface area contributed by atoms with Gasteiger partial charge in [0.2, 0.25) is 0 Å². The number of esters is 1. The van der Waals surface area contributed by atoms with E-state index in [4.69, 9.17) is 9.84 Å². The number of carboxylic acids is 1. The van der Waals surface area contributed by atoms with E-state index in [1.807, 2.05) is 0 Å². The van der Waals surface area contributed by atoms with Crippen LogP contribution in [0.2, 0.25) is 0 Å². The molecule has 6 heteroatoms. The summed E-state index contributed by atoms with van der Waals surface area (Å²) in [5.74, 6) is -1.60. The molecule has 0 radical (unpaired) electrons. The predicted molar refractivity (Wildman–Crippen MR) is 87.9 cm³/mol. The van der Waals surface area contributed by atoms with Gasteiger partial charge in [0.1, 0.15) is 0 Å². The van der Waals surface area contributed by atoms with Gasteiger partial charge < -0.3 is 15.2 Å². The van der Waals surface area contributed by atoms with E-state index < -0.39 is 11.4 Å². The van der Waals surface area contributed by atoms with Gasteiger partial charge in [-0.15, -0.1) is 0 Å². The van der Waals surface area contributed by atoms with Gasteiger partial charge in [0.25, 0.3) is 5.91 Å².